The molecule has 0 aromatic heterocycles. The standard InChI is InChI=1S/C15H19BrFNO2/c1-10-2-3-11(9-19)8-18(10)15(20)7-12-6-13(17)4-5-14(12)16/h4-6,10-11,19H,2-3,7-9H2,1H3. The number of carbonyl (C=O) groups is 1. The zero-order chi connectivity index (χ0) is 14.7. The lowest BCUT2D eigenvalue weighted by Gasteiger charge is -2.37. The van der Waals surface area contributed by atoms with E-state index < -0.39 is 0 Å². The van der Waals surface area contributed by atoms with Crippen molar-refractivity contribution < 1.29 is 14.3 Å². The Kier molecular flexibility index (Phi) is 5.16. The Morgan fingerprint density at radius 2 is 2.25 bits per heavy atom. The van der Waals surface area contributed by atoms with Crippen molar-refractivity contribution in [2.24, 2.45) is 5.92 Å². The topological polar surface area (TPSA) is 40.5 Å². The summed E-state index contributed by atoms with van der Waals surface area (Å²) in [6.45, 7) is 2.72. The fraction of sp³-hybridized carbons (Fsp3) is 0.533. The molecule has 1 saturated heterocycles. The third kappa shape index (κ3) is 3.58. The molecule has 1 aromatic rings. The maximum Gasteiger partial charge on any atom is 0.227 e. The normalized spacial score (nSPS) is 22.9. The molecule has 1 amide bonds. The predicted molar refractivity (Wildman–Crippen MR) is 78.8 cm³/mol. The summed E-state index contributed by atoms with van der Waals surface area (Å²) in [5.41, 5.74) is 0.660. The quantitative estimate of drug-likeness (QED) is 0.916. The molecule has 1 aliphatic rings. The Balaban J connectivity index is 2.08. The predicted octanol–water partition coefficient (Wildman–Crippen LogP) is 2.75. The van der Waals surface area contributed by atoms with Gasteiger partial charge in [0.15, 0.2) is 0 Å². The number of aliphatic hydroxyl groups is 1. The largest absolute Gasteiger partial charge is 0.396 e. The van der Waals surface area contributed by atoms with Crippen molar-refractivity contribution in [3.63, 3.8) is 0 Å². The van der Waals surface area contributed by atoms with Crippen molar-refractivity contribution in [2.75, 3.05) is 13.2 Å². The van der Waals surface area contributed by atoms with E-state index in [1.165, 1.54) is 12.1 Å². The highest BCUT2D eigenvalue weighted by Crippen LogP contribution is 2.24. The molecule has 0 radical (unpaired) electrons. The van der Waals surface area contributed by atoms with Gasteiger partial charge in [-0.25, -0.2) is 4.39 Å². The second kappa shape index (κ2) is 6.68. The lowest BCUT2D eigenvalue weighted by molar-refractivity contribution is -0.135. The van der Waals surface area contributed by atoms with E-state index in [0.29, 0.717) is 12.1 Å². The Bertz CT molecular complexity index is 495. The monoisotopic (exact) mass is 343 g/mol. The molecule has 2 atom stereocenters. The average molecular weight is 344 g/mol. The zero-order valence-electron chi connectivity index (χ0n) is 11.5. The Labute approximate surface area is 126 Å². The third-order valence-corrected chi connectivity index (χ3v) is 4.68. The average Bonchev–Trinajstić information content (AvgIpc) is 2.43. The third-order valence-electron chi connectivity index (χ3n) is 3.91. The van der Waals surface area contributed by atoms with Crippen LogP contribution in [0.15, 0.2) is 22.7 Å². The lowest BCUT2D eigenvalue weighted by Crippen LogP contribution is -2.47. The van der Waals surface area contributed by atoms with E-state index >= 15 is 0 Å². The summed E-state index contributed by atoms with van der Waals surface area (Å²) in [5.74, 6) is -0.191. The van der Waals surface area contributed by atoms with Gasteiger partial charge in [0.05, 0.1) is 6.42 Å². The van der Waals surface area contributed by atoms with Crippen molar-refractivity contribution in [3.8, 4) is 0 Å². The summed E-state index contributed by atoms with van der Waals surface area (Å²) in [5, 5.41) is 9.25. The molecule has 110 valence electrons. The number of likely N-dealkylation sites (tertiary alicyclic amines) is 1. The summed E-state index contributed by atoms with van der Waals surface area (Å²) >= 11 is 3.35. The Morgan fingerprint density at radius 3 is 2.95 bits per heavy atom. The second-order valence-corrected chi connectivity index (χ2v) is 6.29. The second-order valence-electron chi connectivity index (χ2n) is 5.43. The van der Waals surface area contributed by atoms with Crippen molar-refractivity contribution in [2.45, 2.75) is 32.2 Å². The highest BCUT2D eigenvalue weighted by Gasteiger charge is 2.28. The van der Waals surface area contributed by atoms with E-state index in [4.69, 9.17) is 0 Å². The van der Waals surface area contributed by atoms with Crippen LogP contribution in [0.5, 0.6) is 0 Å². The maximum atomic E-state index is 13.3. The number of hydrogen-bond donors (Lipinski definition) is 1. The van der Waals surface area contributed by atoms with Crippen molar-refractivity contribution >= 4 is 21.8 Å². The maximum absolute atomic E-state index is 13.3. The van der Waals surface area contributed by atoms with Crippen LogP contribution in [0, 0.1) is 11.7 Å². The van der Waals surface area contributed by atoms with Crippen LogP contribution in [0.4, 0.5) is 4.39 Å². The minimum absolute atomic E-state index is 0.0121. The number of piperidine rings is 1. The van der Waals surface area contributed by atoms with Crippen LogP contribution in [-0.4, -0.2) is 35.1 Å². The van der Waals surface area contributed by atoms with Gasteiger partial charge in [0.2, 0.25) is 5.91 Å². The van der Waals surface area contributed by atoms with Crippen molar-refractivity contribution in [3.05, 3.63) is 34.1 Å². The molecule has 1 heterocycles. The summed E-state index contributed by atoms with van der Waals surface area (Å²) in [6.07, 6.45) is 2.03. The van der Waals surface area contributed by atoms with Gasteiger partial charge in [-0.3, -0.25) is 4.79 Å². The number of halogens is 2. The van der Waals surface area contributed by atoms with Gasteiger partial charge in [-0.2, -0.15) is 0 Å². The minimum atomic E-state index is -0.337. The summed E-state index contributed by atoms with van der Waals surface area (Å²) < 4.78 is 14.0. The molecule has 1 aromatic carbocycles. The van der Waals surface area contributed by atoms with Crippen LogP contribution in [0.25, 0.3) is 0 Å². The van der Waals surface area contributed by atoms with Gasteiger partial charge in [0, 0.05) is 23.7 Å². The highest BCUT2D eigenvalue weighted by atomic mass is 79.9. The first-order chi connectivity index (χ1) is 9.51. The number of nitrogens with zero attached hydrogens (tertiary/aromatic N) is 1. The number of amides is 1. The van der Waals surface area contributed by atoms with Crippen LogP contribution in [0.2, 0.25) is 0 Å². The van der Waals surface area contributed by atoms with Crippen LogP contribution >= 0.6 is 15.9 Å². The highest BCUT2D eigenvalue weighted by molar-refractivity contribution is 9.10. The van der Waals surface area contributed by atoms with Gasteiger partial charge >= 0.3 is 0 Å². The number of carbonyl (C=O) groups excluding carboxylic acids is 1. The summed E-state index contributed by atoms with van der Waals surface area (Å²) in [7, 11) is 0. The number of hydrogen-bond acceptors (Lipinski definition) is 2. The Morgan fingerprint density at radius 1 is 1.50 bits per heavy atom. The first kappa shape index (κ1) is 15.4. The van der Waals surface area contributed by atoms with E-state index in [-0.39, 0.29) is 36.7 Å². The smallest absolute Gasteiger partial charge is 0.227 e. The van der Waals surface area contributed by atoms with Crippen LogP contribution in [0.1, 0.15) is 25.3 Å². The van der Waals surface area contributed by atoms with E-state index in [1.807, 2.05) is 11.8 Å². The first-order valence-corrected chi connectivity index (χ1v) is 7.64. The van der Waals surface area contributed by atoms with E-state index in [9.17, 15) is 14.3 Å². The molecule has 2 rings (SSSR count). The zero-order valence-corrected chi connectivity index (χ0v) is 13.1. The molecular formula is C15H19BrFNO2. The van der Waals surface area contributed by atoms with Gasteiger partial charge < -0.3 is 10.0 Å². The van der Waals surface area contributed by atoms with Gasteiger partial charge in [0.25, 0.3) is 0 Å². The minimum Gasteiger partial charge on any atom is -0.396 e. The van der Waals surface area contributed by atoms with Crippen LogP contribution in [0.3, 0.4) is 0 Å². The first-order valence-electron chi connectivity index (χ1n) is 6.85. The van der Waals surface area contributed by atoms with E-state index in [0.717, 1.165) is 17.3 Å². The lowest BCUT2D eigenvalue weighted by atomic mass is 9.93. The van der Waals surface area contributed by atoms with E-state index in [1.54, 1.807) is 6.07 Å². The van der Waals surface area contributed by atoms with Gasteiger partial charge in [-0.05, 0) is 49.4 Å². The molecule has 0 spiro atoms. The molecule has 3 nitrogen and oxygen atoms in total. The number of benzene rings is 1. The van der Waals surface area contributed by atoms with Crippen molar-refractivity contribution in [1.29, 1.82) is 0 Å². The van der Waals surface area contributed by atoms with Crippen LogP contribution in [-0.2, 0) is 11.2 Å². The number of aliphatic hydroxyl groups excluding tert-OH is 1. The van der Waals surface area contributed by atoms with E-state index in [2.05, 4.69) is 15.9 Å². The van der Waals surface area contributed by atoms with Gasteiger partial charge in [-0.1, -0.05) is 15.9 Å². The van der Waals surface area contributed by atoms with Gasteiger partial charge in [-0.15, -0.1) is 0 Å². The van der Waals surface area contributed by atoms with Crippen molar-refractivity contribution in [1.82, 2.24) is 4.90 Å². The molecule has 20 heavy (non-hydrogen) atoms. The molecular weight excluding hydrogens is 325 g/mol. The Hall–Kier alpha value is -0.940. The molecule has 5 heteroatoms. The number of rotatable bonds is 3. The molecule has 2 unspecified atom stereocenters. The fourth-order valence-corrected chi connectivity index (χ4v) is 3.01. The van der Waals surface area contributed by atoms with Gasteiger partial charge in [0.1, 0.15) is 5.82 Å². The van der Waals surface area contributed by atoms with Crippen LogP contribution < -0.4 is 0 Å². The SMILES string of the molecule is CC1CCC(CO)CN1C(=O)Cc1cc(F)ccc1Br. The molecule has 0 saturated carbocycles. The molecule has 0 bridgehead atoms. The molecule has 1 aliphatic heterocycles. The fourth-order valence-electron chi connectivity index (χ4n) is 2.62. The molecule has 1 N–H and O–H groups in total. The molecule has 1 fully saturated rings. The summed E-state index contributed by atoms with van der Waals surface area (Å²) in [4.78, 5) is 14.2. The summed E-state index contributed by atoms with van der Waals surface area (Å²) in [6, 6.07) is 4.55. The molecule has 0 aliphatic carbocycles.